The number of allylic oxidation sites excluding steroid dienone is 2. The van der Waals surface area contributed by atoms with Crippen molar-refractivity contribution in [2.75, 3.05) is 21.3 Å². The van der Waals surface area contributed by atoms with Gasteiger partial charge < -0.3 is 30.2 Å². The molecule has 38 heavy (non-hydrogen) atoms. The van der Waals surface area contributed by atoms with Crippen LogP contribution in [0.1, 0.15) is 54.6 Å². The Morgan fingerprint density at radius 1 is 1.11 bits per heavy atom. The minimum absolute atomic E-state index is 0.0359. The van der Waals surface area contributed by atoms with Gasteiger partial charge in [0, 0.05) is 23.0 Å². The molecule has 1 aliphatic heterocycles. The van der Waals surface area contributed by atoms with E-state index in [1.807, 2.05) is 30.5 Å². The van der Waals surface area contributed by atoms with Crippen molar-refractivity contribution in [2.45, 2.75) is 32.9 Å². The highest BCUT2D eigenvalue weighted by Gasteiger charge is 2.46. The number of methoxy groups -OCH3 is 3. The van der Waals surface area contributed by atoms with Gasteiger partial charge in [-0.25, -0.2) is 9.97 Å². The number of aromatic nitrogens is 4. The number of halogens is 1. The van der Waals surface area contributed by atoms with Crippen LogP contribution >= 0.6 is 11.6 Å². The van der Waals surface area contributed by atoms with E-state index in [0.717, 1.165) is 5.56 Å². The first-order chi connectivity index (χ1) is 18.1. The van der Waals surface area contributed by atoms with E-state index in [9.17, 15) is 4.79 Å². The average Bonchev–Trinajstić information content (AvgIpc) is 3.41. The van der Waals surface area contributed by atoms with Gasteiger partial charge in [-0.2, -0.15) is 4.98 Å². The van der Waals surface area contributed by atoms with Crippen LogP contribution in [0.2, 0.25) is 5.02 Å². The second kappa shape index (κ2) is 10.6. The maximum absolute atomic E-state index is 14.1. The third kappa shape index (κ3) is 4.60. The van der Waals surface area contributed by atoms with Gasteiger partial charge in [0.15, 0.2) is 5.69 Å². The first kappa shape index (κ1) is 26.8. The van der Waals surface area contributed by atoms with Gasteiger partial charge in [-0.15, -0.1) is 0 Å². The Labute approximate surface area is 225 Å². The SMILES string of the molecule is CO/C(N)=C(/C=C(/C)N)N1C(=O)c2nc(-c3cnc(OC)nc3OC)n(C(C)C)c2C1c1ccc(Cl)cc1. The van der Waals surface area contributed by atoms with Crippen molar-refractivity contribution in [2.24, 2.45) is 11.5 Å². The molecule has 1 amide bonds. The molecule has 0 saturated carbocycles. The molecule has 200 valence electrons. The van der Waals surface area contributed by atoms with Crippen LogP contribution in [-0.4, -0.2) is 51.7 Å². The zero-order valence-electron chi connectivity index (χ0n) is 22.0. The summed E-state index contributed by atoms with van der Waals surface area (Å²) >= 11 is 6.20. The Balaban J connectivity index is 2.04. The Hall–Kier alpha value is -4.25. The van der Waals surface area contributed by atoms with E-state index in [-0.39, 0.29) is 35.4 Å². The highest BCUT2D eigenvalue weighted by atomic mass is 35.5. The average molecular weight is 540 g/mol. The number of nitrogens with zero attached hydrogens (tertiary/aromatic N) is 5. The molecule has 2 aromatic heterocycles. The van der Waals surface area contributed by atoms with Crippen LogP contribution in [0.25, 0.3) is 11.4 Å². The number of amides is 1. The summed E-state index contributed by atoms with van der Waals surface area (Å²) in [5, 5.41) is 0.563. The van der Waals surface area contributed by atoms with Gasteiger partial charge in [-0.1, -0.05) is 23.7 Å². The molecule has 0 bridgehead atoms. The van der Waals surface area contributed by atoms with E-state index in [1.165, 1.54) is 21.3 Å². The van der Waals surface area contributed by atoms with Gasteiger partial charge in [0.25, 0.3) is 5.91 Å². The zero-order valence-corrected chi connectivity index (χ0v) is 22.8. The molecule has 0 aliphatic carbocycles. The van der Waals surface area contributed by atoms with Gasteiger partial charge in [0.05, 0.1) is 32.6 Å². The second-order valence-electron chi connectivity index (χ2n) is 8.88. The summed E-state index contributed by atoms with van der Waals surface area (Å²) in [5.74, 6) is 0.406. The predicted octanol–water partition coefficient (Wildman–Crippen LogP) is 3.77. The van der Waals surface area contributed by atoms with Gasteiger partial charge >= 0.3 is 6.01 Å². The van der Waals surface area contributed by atoms with Crippen molar-refractivity contribution in [3.63, 3.8) is 0 Å². The summed E-state index contributed by atoms with van der Waals surface area (Å²) < 4.78 is 18.0. The van der Waals surface area contributed by atoms with E-state index in [1.54, 1.807) is 36.2 Å². The fourth-order valence-corrected chi connectivity index (χ4v) is 4.59. The van der Waals surface area contributed by atoms with Crippen molar-refractivity contribution in [3.05, 3.63) is 75.8 Å². The Morgan fingerprint density at radius 3 is 2.34 bits per heavy atom. The molecule has 1 aromatic carbocycles. The third-order valence-electron chi connectivity index (χ3n) is 6.03. The quantitative estimate of drug-likeness (QED) is 0.323. The number of nitrogens with two attached hydrogens (primary N) is 2. The lowest BCUT2D eigenvalue weighted by Gasteiger charge is -2.29. The molecular formula is C26H30ClN7O4. The number of hydrogen-bond acceptors (Lipinski definition) is 9. The monoisotopic (exact) mass is 539 g/mol. The summed E-state index contributed by atoms with van der Waals surface area (Å²) in [6.07, 6.45) is 3.17. The number of fused-ring (bicyclic) bond motifs is 1. The number of benzene rings is 1. The molecule has 0 saturated heterocycles. The molecule has 3 aromatic rings. The third-order valence-corrected chi connectivity index (χ3v) is 6.29. The van der Waals surface area contributed by atoms with E-state index >= 15 is 0 Å². The lowest BCUT2D eigenvalue weighted by Crippen LogP contribution is -2.32. The van der Waals surface area contributed by atoms with Crippen molar-refractivity contribution < 1.29 is 19.0 Å². The van der Waals surface area contributed by atoms with Gasteiger partial charge in [0.2, 0.25) is 11.8 Å². The van der Waals surface area contributed by atoms with Crippen LogP contribution < -0.4 is 20.9 Å². The number of carbonyl (C=O) groups excluding carboxylic acids is 1. The smallest absolute Gasteiger partial charge is 0.319 e. The molecule has 12 heteroatoms. The maximum atomic E-state index is 14.1. The number of carbonyl (C=O) groups is 1. The molecule has 11 nitrogen and oxygen atoms in total. The fraction of sp³-hybridized carbons (Fsp3) is 0.308. The molecule has 1 unspecified atom stereocenters. The highest BCUT2D eigenvalue weighted by molar-refractivity contribution is 6.30. The first-order valence-corrected chi connectivity index (χ1v) is 12.1. The van der Waals surface area contributed by atoms with Gasteiger partial charge in [-0.05, 0) is 44.5 Å². The van der Waals surface area contributed by atoms with E-state index < -0.39 is 6.04 Å². The summed E-state index contributed by atoms with van der Waals surface area (Å²) in [7, 11) is 4.40. The lowest BCUT2D eigenvalue weighted by molar-refractivity contribution is 0.0793. The minimum Gasteiger partial charge on any atom is -0.481 e. The van der Waals surface area contributed by atoms with Gasteiger partial charge in [-0.3, -0.25) is 9.69 Å². The summed E-state index contributed by atoms with van der Waals surface area (Å²) in [5.41, 5.74) is 15.2. The lowest BCUT2D eigenvalue weighted by atomic mass is 10.0. The maximum Gasteiger partial charge on any atom is 0.319 e. The van der Waals surface area contributed by atoms with E-state index in [0.29, 0.717) is 33.5 Å². The highest BCUT2D eigenvalue weighted by Crippen LogP contribution is 2.45. The van der Waals surface area contributed by atoms with E-state index in [4.69, 9.17) is 42.3 Å². The normalized spacial score (nSPS) is 16.0. The molecule has 0 radical (unpaired) electrons. The topological polar surface area (TPSA) is 144 Å². The zero-order chi connectivity index (χ0) is 27.7. The van der Waals surface area contributed by atoms with Crippen LogP contribution in [-0.2, 0) is 4.74 Å². The molecule has 4 rings (SSSR count). The molecule has 3 heterocycles. The summed E-state index contributed by atoms with van der Waals surface area (Å²) in [6, 6.07) is 6.66. The standard InChI is InChI=1S/C26H30ClN7O4/c1-13(2)33-21-19(31-23(33)17-12-30-26(38-6)32-24(17)37-5)25(35)34(18(11-14(3)28)22(29)36-4)20(21)15-7-9-16(27)10-8-15/h7-13,20H,28-29H2,1-6H3/b14-11-,22-18-. The summed E-state index contributed by atoms with van der Waals surface area (Å²) in [4.78, 5) is 29.0. The van der Waals surface area contributed by atoms with Crippen molar-refractivity contribution in [1.82, 2.24) is 24.4 Å². The van der Waals surface area contributed by atoms with Crippen molar-refractivity contribution >= 4 is 17.5 Å². The molecule has 0 spiro atoms. The van der Waals surface area contributed by atoms with Crippen LogP contribution in [0, 0.1) is 0 Å². The number of hydrogen-bond donors (Lipinski definition) is 2. The Morgan fingerprint density at radius 2 is 1.79 bits per heavy atom. The van der Waals surface area contributed by atoms with E-state index in [2.05, 4.69) is 9.97 Å². The number of rotatable bonds is 8. The predicted molar refractivity (Wildman–Crippen MR) is 142 cm³/mol. The van der Waals surface area contributed by atoms with Gasteiger partial charge in [0.1, 0.15) is 17.6 Å². The molecule has 1 aliphatic rings. The molecule has 1 atom stereocenters. The number of imidazole rings is 1. The second-order valence-corrected chi connectivity index (χ2v) is 9.32. The van der Waals surface area contributed by atoms with Crippen LogP contribution in [0.5, 0.6) is 11.9 Å². The summed E-state index contributed by atoms with van der Waals surface area (Å²) in [6.45, 7) is 5.70. The van der Waals surface area contributed by atoms with Crippen LogP contribution in [0.3, 0.4) is 0 Å². The molecule has 0 fully saturated rings. The van der Waals surface area contributed by atoms with Crippen LogP contribution in [0.4, 0.5) is 0 Å². The molecule has 4 N–H and O–H groups in total. The minimum atomic E-state index is -0.622. The fourth-order valence-electron chi connectivity index (χ4n) is 4.47. The first-order valence-electron chi connectivity index (χ1n) is 11.8. The largest absolute Gasteiger partial charge is 0.481 e. The van der Waals surface area contributed by atoms with Crippen molar-refractivity contribution in [3.8, 4) is 23.3 Å². The van der Waals surface area contributed by atoms with Crippen LogP contribution in [0.15, 0.2) is 53.8 Å². The Bertz CT molecular complexity index is 1430. The molecular weight excluding hydrogens is 510 g/mol. The Kier molecular flexibility index (Phi) is 7.49. The van der Waals surface area contributed by atoms with Crippen molar-refractivity contribution in [1.29, 1.82) is 0 Å². The number of ether oxygens (including phenoxy) is 3.